The molecule has 386 valence electrons. The maximum absolute atomic E-state index is 2.50. The summed E-state index contributed by atoms with van der Waals surface area (Å²) >= 11 is 0. The van der Waals surface area contributed by atoms with E-state index in [-0.39, 0.29) is 27.1 Å². The summed E-state index contributed by atoms with van der Waals surface area (Å²) in [4.78, 5) is 4.99. The van der Waals surface area contributed by atoms with Gasteiger partial charge in [0, 0.05) is 61.2 Å². The highest BCUT2D eigenvalue weighted by molar-refractivity contribution is 5.98. The van der Waals surface area contributed by atoms with Crippen LogP contribution in [-0.4, -0.2) is 0 Å². The predicted octanol–water partition coefficient (Wildman–Crippen LogP) is 20.8. The molecule has 0 saturated heterocycles. The van der Waals surface area contributed by atoms with Crippen molar-refractivity contribution in [1.29, 1.82) is 0 Å². The SMILES string of the molecule is Cc1ccc(N(c2ccc3c(c2)C(C)(C)c2cc(N(c4ccc(C)cc4)c4ccc5c(c4)C(C)(C)c4c-5ccc5c4-c4ccccc4C5(C)C)ccc2-3)c2ccc3c(c2)C(C)(C)c2c-3ccc3c2-c2ccccc2C3(C)C)cc1. The number of nitrogens with zero attached hydrogens (tertiary/aromatic N) is 2. The van der Waals surface area contributed by atoms with E-state index in [1.165, 1.54) is 134 Å². The number of anilines is 6. The first-order valence-corrected chi connectivity index (χ1v) is 28.7. The van der Waals surface area contributed by atoms with E-state index in [0.717, 1.165) is 22.7 Å². The summed E-state index contributed by atoms with van der Waals surface area (Å²) in [5.74, 6) is 0. The van der Waals surface area contributed by atoms with E-state index in [9.17, 15) is 0 Å². The van der Waals surface area contributed by atoms with Crippen molar-refractivity contribution < 1.29 is 0 Å². The third-order valence-corrected chi connectivity index (χ3v) is 19.9. The van der Waals surface area contributed by atoms with Gasteiger partial charge < -0.3 is 9.80 Å². The summed E-state index contributed by atoms with van der Waals surface area (Å²) in [5.41, 5.74) is 36.4. The van der Waals surface area contributed by atoms with Crippen LogP contribution < -0.4 is 9.80 Å². The predicted molar refractivity (Wildman–Crippen MR) is 333 cm³/mol. The molecule has 0 bridgehead atoms. The van der Waals surface area contributed by atoms with Crippen LogP contribution in [0.2, 0.25) is 0 Å². The number of fused-ring (bicyclic) bond motifs is 17. The van der Waals surface area contributed by atoms with E-state index in [0.29, 0.717) is 0 Å². The Labute approximate surface area is 468 Å². The first-order chi connectivity index (χ1) is 37.8. The van der Waals surface area contributed by atoms with Crippen LogP contribution in [0.1, 0.15) is 136 Å². The Bertz CT molecular complexity index is 4010. The number of hydrogen-bond acceptors (Lipinski definition) is 2. The summed E-state index contributed by atoms with van der Waals surface area (Å²) in [6.07, 6.45) is 0. The fraction of sp³-hybridized carbons (Fsp3) is 0.221. The van der Waals surface area contributed by atoms with Crippen LogP contribution in [0.4, 0.5) is 34.1 Å². The Balaban J connectivity index is 0.820. The molecule has 5 aliphatic rings. The van der Waals surface area contributed by atoms with E-state index in [2.05, 4.69) is 287 Å². The highest BCUT2D eigenvalue weighted by atomic mass is 15.1. The minimum Gasteiger partial charge on any atom is -0.310 e. The van der Waals surface area contributed by atoms with Gasteiger partial charge in [0.05, 0.1) is 0 Å². The molecule has 0 aromatic heterocycles. The highest BCUT2D eigenvalue weighted by Gasteiger charge is 2.47. The van der Waals surface area contributed by atoms with E-state index in [1.54, 1.807) is 0 Å². The zero-order valence-corrected chi connectivity index (χ0v) is 47.9. The van der Waals surface area contributed by atoms with Crippen molar-refractivity contribution in [2.75, 3.05) is 9.80 Å². The Hall–Kier alpha value is -8.20. The van der Waals surface area contributed by atoms with Crippen LogP contribution in [0.3, 0.4) is 0 Å². The third-order valence-electron chi connectivity index (χ3n) is 19.9. The smallest absolute Gasteiger partial charge is 0.0465 e. The lowest BCUT2D eigenvalue weighted by Crippen LogP contribution is -2.19. The van der Waals surface area contributed by atoms with Crippen molar-refractivity contribution in [1.82, 2.24) is 0 Å². The van der Waals surface area contributed by atoms with E-state index in [1.807, 2.05) is 0 Å². The molecule has 0 unspecified atom stereocenters. The van der Waals surface area contributed by atoms with Gasteiger partial charge in [-0.1, -0.05) is 202 Å². The molecular formula is C77H68N2. The van der Waals surface area contributed by atoms with Crippen molar-refractivity contribution in [3.63, 3.8) is 0 Å². The average Bonchev–Trinajstić information content (AvgIpc) is 2.79. The molecule has 0 heterocycles. The number of rotatable bonds is 6. The Morgan fingerprint density at radius 1 is 0.228 bits per heavy atom. The minimum absolute atomic E-state index is 0.0531. The molecule has 0 radical (unpaired) electrons. The molecule has 0 spiro atoms. The molecule has 10 aromatic rings. The lowest BCUT2D eigenvalue weighted by atomic mass is 9.77. The van der Waals surface area contributed by atoms with Gasteiger partial charge in [-0.15, -0.1) is 0 Å². The molecule has 0 N–H and O–H groups in total. The molecule has 15 rings (SSSR count). The van der Waals surface area contributed by atoms with Gasteiger partial charge >= 0.3 is 0 Å². The normalized spacial score (nSPS) is 16.6. The first-order valence-electron chi connectivity index (χ1n) is 28.7. The molecule has 0 amide bonds. The van der Waals surface area contributed by atoms with Crippen LogP contribution >= 0.6 is 0 Å². The van der Waals surface area contributed by atoms with Crippen molar-refractivity contribution in [3.05, 3.63) is 261 Å². The van der Waals surface area contributed by atoms with Gasteiger partial charge in [0.15, 0.2) is 0 Å². The fourth-order valence-corrected chi connectivity index (χ4v) is 15.7. The standard InChI is InChI=1S/C77H68N2/c1-45-21-25-47(26-22-45)78(51-31-35-55-57-37-39-63-69(71(57)76(9,10)67(55)43-51)59-17-13-15-19-61(59)73(63,3)4)49-29-33-53-54-34-30-50(42-66(54)75(7,8)65(53)41-49)79(48-27-23-46(2)24-28-48)52-32-36-56-58-38-40-64-70(72(58)77(11,12)68(56)44-52)60-18-14-16-20-62(60)74(64,5)6/h13-44H,1-12H3. The maximum atomic E-state index is 2.50. The summed E-state index contributed by atoms with van der Waals surface area (Å²) in [6, 6.07) is 75.0. The van der Waals surface area contributed by atoms with Gasteiger partial charge in [-0.3, -0.25) is 0 Å². The van der Waals surface area contributed by atoms with Crippen molar-refractivity contribution in [2.24, 2.45) is 0 Å². The molecule has 79 heavy (non-hydrogen) atoms. The van der Waals surface area contributed by atoms with Crippen molar-refractivity contribution >= 4 is 34.1 Å². The van der Waals surface area contributed by atoms with Gasteiger partial charge in [-0.25, -0.2) is 0 Å². The fourth-order valence-electron chi connectivity index (χ4n) is 15.7. The van der Waals surface area contributed by atoms with Gasteiger partial charge in [0.2, 0.25) is 0 Å². The Kier molecular flexibility index (Phi) is 9.70. The monoisotopic (exact) mass is 1020 g/mol. The minimum atomic E-state index is -0.285. The largest absolute Gasteiger partial charge is 0.310 e. The lowest BCUT2D eigenvalue weighted by molar-refractivity contribution is 0.647. The molecule has 0 saturated carbocycles. The zero-order chi connectivity index (χ0) is 54.4. The van der Waals surface area contributed by atoms with Gasteiger partial charge in [-0.05, 0) is 198 Å². The number of aryl methyl sites for hydroxylation is 2. The summed E-state index contributed by atoms with van der Waals surface area (Å²) in [7, 11) is 0. The molecule has 2 nitrogen and oxygen atoms in total. The van der Waals surface area contributed by atoms with E-state index in [4.69, 9.17) is 0 Å². The van der Waals surface area contributed by atoms with Crippen LogP contribution in [0, 0.1) is 13.8 Å². The lowest BCUT2D eigenvalue weighted by Gasteiger charge is -2.31. The molecule has 2 heteroatoms. The highest BCUT2D eigenvalue weighted by Crippen LogP contribution is 2.62. The van der Waals surface area contributed by atoms with Gasteiger partial charge in [-0.2, -0.15) is 0 Å². The number of benzene rings is 10. The Morgan fingerprint density at radius 2 is 0.506 bits per heavy atom. The van der Waals surface area contributed by atoms with Gasteiger partial charge in [0.25, 0.3) is 0 Å². The molecule has 5 aliphatic carbocycles. The van der Waals surface area contributed by atoms with Crippen molar-refractivity contribution in [2.45, 2.75) is 110 Å². The van der Waals surface area contributed by atoms with Crippen molar-refractivity contribution in [3.8, 4) is 55.6 Å². The third kappa shape index (κ3) is 6.41. The number of hydrogen-bond donors (Lipinski definition) is 0. The van der Waals surface area contributed by atoms with Crippen LogP contribution in [0.25, 0.3) is 55.6 Å². The molecule has 0 aliphatic heterocycles. The quantitative estimate of drug-likeness (QED) is 0.164. The van der Waals surface area contributed by atoms with Gasteiger partial charge in [0.1, 0.15) is 0 Å². The first kappa shape index (κ1) is 48.0. The second kappa shape index (κ2) is 16.0. The topological polar surface area (TPSA) is 6.48 Å². The second-order valence-electron chi connectivity index (χ2n) is 26.3. The van der Waals surface area contributed by atoms with E-state index >= 15 is 0 Å². The molecular weight excluding hydrogens is 953 g/mol. The molecule has 0 fully saturated rings. The van der Waals surface area contributed by atoms with Crippen LogP contribution in [0.5, 0.6) is 0 Å². The van der Waals surface area contributed by atoms with Crippen LogP contribution in [0.15, 0.2) is 194 Å². The maximum Gasteiger partial charge on any atom is 0.0465 e. The van der Waals surface area contributed by atoms with E-state index < -0.39 is 0 Å². The zero-order valence-electron chi connectivity index (χ0n) is 47.9. The average molecular weight is 1020 g/mol. The molecule has 10 aromatic carbocycles. The summed E-state index contributed by atoms with van der Waals surface area (Å²) in [6.45, 7) is 28.6. The second-order valence-corrected chi connectivity index (χ2v) is 26.3. The Morgan fingerprint density at radius 3 is 0.861 bits per heavy atom. The summed E-state index contributed by atoms with van der Waals surface area (Å²) < 4.78 is 0. The van der Waals surface area contributed by atoms with Crippen LogP contribution in [-0.2, 0) is 27.1 Å². The molecule has 0 atom stereocenters. The summed E-state index contributed by atoms with van der Waals surface area (Å²) in [5, 5.41) is 0.